The van der Waals surface area contributed by atoms with E-state index in [9.17, 15) is 4.79 Å². The summed E-state index contributed by atoms with van der Waals surface area (Å²) < 4.78 is 6.31. The minimum Gasteiger partial charge on any atom is -0.381 e. The molecule has 1 aromatic heterocycles. The molecule has 1 aliphatic heterocycles. The SMILES string of the molecule is CC(N)(C(=O)Nc1cc(C2CCOCC2)[nH]n1)c1ccc(Br)cc1.Cl. The van der Waals surface area contributed by atoms with E-state index in [-0.39, 0.29) is 18.3 Å². The normalized spacial score (nSPS) is 17.4. The van der Waals surface area contributed by atoms with E-state index in [0.29, 0.717) is 11.7 Å². The highest BCUT2D eigenvalue weighted by Gasteiger charge is 2.31. The van der Waals surface area contributed by atoms with Crippen LogP contribution in [0, 0.1) is 0 Å². The molecular weight excluding hydrogens is 408 g/mol. The molecule has 1 saturated heterocycles. The average molecular weight is 430 g/mol. The summed E-state index contributed by atoms with van der Waals surface area (Å²) in [6.07, 6.45) is 1.92. The van der Waals surface area contributed by atoms with E-state index < -0.39 is 5.54 Å². The fraction of sp³-hybridized carbons (Fsp3) is 0.412. The number of aromatic amines is 1. The van der Waals surface area contributed by atoms with Gasteiger partial charge in [-0.15, -0.1) is 12.4 Å². The second kappa shape index (κ2) is 8.31. The number of aromatic nitrogens is 2. The van der Waals surface area contributed by atoms with Crippen LogP contribution in [0.4, 0.5) is 5.82 Å². The van der Waals surface area contributed by atoms with Crippen molar-refractivity contribution in [3.8, 4) is 0 Å². The van der Waals surface area contributed by atoms with E-state index >= 15 is 0 Å². The minimum atomic E-state index is -1.14. The van der Waals surface area contributed by atoms with Gasteiger partial charge in [0.2, 0.25) is 5.91 Å². The Morgan fingerprint density at radius 1 is 1.36 bits per heavy atom. The zero-order valence-corrected chi connectivity index (χ0v) is 16.3. The van der Waals surface area contributed by atoms with Gasteiger partial charge in [-0.3, -0.25) is 9.89 Å². The van der Waals surface area contributed by atoms with Gasteiger partial charge in [-0.1, -0.05) is 28.1 Å². The topological polar surface area (TPSA) is 93.0 Å². The molecule has 1 amide bonds. The van der Waals surface area contributed by atoms with Crippen LogP contribution in [0.3, 0.4) is 0 Å². The molecule has 25 heavy (non-hydrogen) atoms. The summed E-state index contributed by atoms with van der Waals surface area (Å²) in [6.45, 7) is 3.21. The first-order chi connectivity index (χ1) is 11.5. The Morgan fingerprint density at radius 2 is 2.00 bits per heavy atom. The number of carbonyl (C=O) groups is 1. The van der Waals surface area contributed by atoms with Crippen LogP contribution < -0.4 is 11.1 Å². The smallest absolute Gasteiger partial charge is 0.249 e. The van der Waals surface area contributed by atoms with E-state index in [4.69, 9.17) is 10.5 Å². The van der Waals surface area contributed by atoms with Crippen molar-refractivity contribution in [3.05, 3.63) is 46.1 Å². The number of nitrogens with two attached hydrogens (primary N) is 1. The first-order valence-corrected chi connectivity index (χ1v) is 8.75. The molecule has 1 aliphatic rings. The average Bonchev–Trinajstić information content (AvgIpc) is 3.04. The fourth-order valence-electron chi connectivity index (χ4n) is 2.79. The molecular formula is C17H22BrClN4O2. The number of hydrogen-bond acceptors (Lipinski definition) is 4. The van der Waals surface area contributed by atoms with Gasteiger partial charge in [-0.2, -0.15) is 5.10 Å². The molecule has 1 aromatic carbocycles. The number of nitrogens with one attached hydrogen (secondary N) is 2. The number of halogens is 2. The van der Waals surface area contributed by atoms with Crippen LogP contribution >= 0.6 is 28.3 Å². The quantitative estimate of drug-likeness (QED) is 0.695. The molecule has 2 aromatic rings. The van der Waals surface area contributed by atoms with Crippen LogP contribution in [0.25, 0.3) is 0 Å². The summed E-state index contributed by atoms with van der Waals surface area (Å²) in [5.41, 5.74) is 6.87. The summed E-state index contributed by atoms with van der Waals surface area (Å²) in [7, 11) is 0. The van der Waals surface area contributed by atoms with Gasteiger partial charge in [0.25, 0.3) is 0 Å². The Labute approximate surface area is 161 Å². The zero-order chi connectivity index (χ0) is 17.2. The highest BCUT2D eigenvalue weighted by molar-refractivity contribution is 9.10. The number of carbonyl (C=O) groups excluding carboxylic acids is 1. The lowest BCUT2D eigenvalue weighted by Gasteiger charge is -2.23. The van der Waals surface area contributed by atoms with Crippen LogP contribution in [0.1, 0.15) is 36.9 Å². The number of nitrogens with zero attached hydrogens (tertiary/aromatic N) is 1. The lowest BCUT2D eigenvalue weighted by Crippen LogP contribution is -2.45. The van der Waals surface area contributed by atoms with Crippen molar-refractivity contribution in [2.24, 2.45) is 5.73 Å². The lowest BCUT2D eigenvalue weighted by atomic mass is 9.92. The summed E-state index contributed by atoms with van der Waals surface area (Å²) in [5, 5.41) is 10.0. The van der Waals surface area contributed by atoms with E-state index in [1.165, 1.54) is 0 Å². The molecule has 8 heteroatoms. The summed E-state index contributed by atoms with van der Waals surface area (Å²) in [4.78, 5) is 12.6. The largest absolute Gasteiger partial charge is 0.381 e. The maximum absolute atomic E-state index is 12.6. The van der Waals surface area contributed by atoms with E-state index in [0.717, 1.165) is 41.8 Å². The number of ether oxygens (including phenoxy) is 1. The van der Waals surface area contributed by atoms with Crippen LogP contribution in [-0.4, -0.2) is 29.3 Å². The van der Waals surface area contributed by atoms with Crippen molar-refractivity contribution >= 4 is 40.1 Å². The number of anilines is 1. The van der Waals surface area contributed by atoms with Crippen LogP contribution in [0.15, 0.2) is 34.8 Å². The number of H-pyrrole nitrogens is 1. The van der Waals surface area contributed by atoms with Gasteiger partial charge in [-0.05, 0) is 37.5 Å². The molecule has 3 rings (SSSR count). The van der Waals surface area contributed by atoms with Crippen molar-refractivity contribution in [2.75, 3.05) is 18.5 Å². The molecule has 4 N–H and O–H groups in total. The first kappa shape index (κ1) is 19.9. The third kappa shape index (κ3) is 4.61. The summed E-state index contributed by atoms with van der Waals surface area (Å²) in [5.74, 6) is 0.595. The Bertz CT molecular complexity index is 712. The third-order valence-corrected chi connectivity index (χ3v) is 4.94. The Morgan fingerprint density at radius 3 is 2.64 bits per heavy atom. The highest BCUT2D eigenvalue weighted by Crippen LogP contribution is 2.27. The molecule has 6 nitrogen and oxygen atoms in total. The fourth-order valence-corrected chi connectivity index (χ4v) is 3.06. The van der Waals surface area contributed by atoms with Gasteiger partial charge < -0.3 is 15.8 Å². The highest BCUT2D eigenvalue weighted by atomic mass is 79.9. The van der Waals surface area contributed by atoms with Gasteiger partial charge >= 0.3 is 0 Å². The summed E-state index contributed by atoms with van der Waals surface area (Å²) >= 11 is 3.38. The first-order valence-electron chi connectivity index (χ1n) is 7.96. The molecule has 0 saturated carbocycles. The number of benzene rings is 1. The number of hydrogen-bond donors (Lipinski definition) is 3. The van der Waals surface area contributed by atoms with E-state index in [2.05, 4.69) is 31.4 Å². The van der Waals surface area contributed by atoms with Crippen molar-refractivity contribution in [1.82, 2.24) is 10.2 Å². The van der Waals surface area contributed by atoms with Gasteiger partial charge in [-0.25, -0.2) is 0 Å². The van der Waals surface area contributed by atoms with E-state index in [1.54, 1.807) is 6.92 Å². The van der Waals surface area contributed by atoms with Crippen LogP contribution in [0.2, 0.25) is 0 Å². The second-order valence-corrected chi connectivity index (χ2v) is 7.17. The zero-order valence-electron chi connectivity index (χ0n) is 13.9. The minimum absolute atomic E-state index is 0. The molecule has 0 aliphatic carbocycles. The Balaban J connectivity index is 0.00000225. The molecule has 1 atom stereocenters. The molecule has 1 unspecified atom stereocenters. The molecule has 0 radical (unpaired) electrons. The maximum atomic E-state index is 12.6. The Kier molecular flexibility index (Phi) is 6.62. The van der Waals surface area contributed by atoms with Gasteiger partial charge in [0.15, 0.2) is 5.82 Å². The number of rotatable bonds is 4. The van der Waals surface area contributed by atoms with Crippen molar-refractivity contribution in [1.29, 1.82) is 0 Å². The van der Waals surface area contributed by atoms with Crippen molar-refractivity contribution in [2.45, 2.75) is 31.2 Å². The predicted octanol–water partition coefficient (Wildman–Crippen LogP) is 3.30. The van der Waals surface area contributed by atoms with Gasteiger partial charge in [0, 0.05) is 35.4 Å². The third-order valence-electron chi connectivity index (χ3n) is 4.42. The van der Waals surface area contributed by atoms with Crippen LogP contribution in [-0.2, 0) is 15.1 Å². The van der Waals surface area contributed by atoms with E-state index in [1.807, 2.05) is 30.3 Å². The molecule has 136 valence electrons. The second-order valence-electron chi connectivity index (χ2n) is 6.26. The molecule has 0 bridgehead atoms. The number of amides is 1. The molecule has 2 heterocycles. The summed E-state index contributed by atoms with van der Waals surface area (Å²) in [6, 6.07) is 9.28. The molecule has 0 spiro atoms. The van der Waals surface area contributed by atoms with Gasteiger partial charge in [0.1, 0.15) is 5.54 Å². The monoisotopic (exact) mass is 428 g/mol. The Hall–Kier alpha value is -1.41. The van der Waals surface area contributed by atoms with Crippen molar-refractivity contribution in [3.63, 3.8) is 0 Å². The lowest BCUT2D eigenvalue weighted by molar-refractivity contribution is -0.120. The van der Waals surface area contributed by atoms with Crippen molar-refractivity contribution < 1.29 is 9.53 Å². The molecule has 1 fully saturated rings. The van der Waals surface area contributed by atoms with Gasteiger partial charge in [0.05, 0.1) is 0 Å². The standard InChI is InChI=1S/C17H21BrN4O2.ClH/c1-17(19,12-2-4-13(18)5-3-12)16(23)20-15-10-14(21-22-15)11-6-8-24-9-7-11;/h2-5,10-11H,6-9,19H2,1H3,(H2,20,21,22,23);1H. The maximum Gasteiger partial charge on any atom is 0.249 e. The van der Waals surface area contributed by atoms with Crippen LogP contribution in [0.5, 0.6) is 0 Å². The predicted molar refractivity (Wildman–Crippen MR) is 103 cm³/mol.